The maximum atomic E-state index is 5.75. The van der Waals surface area contributed by atoms with Crippen molar-refractivity contribution in [3.8, 4) is 0 Å². The Morgan fingerprint density at radius 1 is 1.00 bits per heavy atom. The molecule has 5 N–H and O–H groups in total. The predicted octanol–water partition coefficient (Wildman–Crippen LogP) is 1.99. The molecule has 0 aliphatic heterocycles. The molecule has 2 aromatic rings. The Morgan fingerprint density at radius 2 is 1.73 bits per heavy atom. The highest BCUT2D eigenvalue weighted by Gasteiger charge is 1.98. The summed E-state index contributed by atoms with van der Waals surface area (Å²) in [6, 6.07) is 11.0. The summed E-state index contributed by atoms with van der Waals surface area (Å²) in [7, 11) is 0. The van der Waals surface area contributed by atoms with Gasteiger partial charge in [-0.15, -0.1) is 0 Å². The highest BCUT2D eigenvalue weighted by molar-refractivity contribution is 5.68. The standard InChI is InChI=1S/C11H12N4/c12-8-3-5-9(6-4-8)15-11-10(13)2-1-7-14-11/h1-7H,12-13H2,(H,14,15). The van der Waals surface area contributed by atoms with Gasteiger partial charge in [-0.2, -0.15) is 0 Å². The number of nitrogens with zero attached hydrogens (tertiary/aromatic N) is 1. The maximum absolute atomic E-state index is 5.75. The smallest absolute Gasteiger partial charge is 0.153 e. The van der Waals surface area contributed by atoms with Crippen LogP contribution in [0.2, 0.25) is 0 Å². The molecule has 0 aliphatic rings. The van der Waals surface area contributed by atoms with Gasteiger partial charge in [-0.25, -0.2) is 4.98 Å². The molecule has 4 nitrogen and oxygen atoms in total. The van der Waals surface area contributed by atoms with Crippen molar-refractivity contribution in [2.45, 2.75) is 0 Å². The number of anilines is 4. The molecule has 0 saturated heterocycles. The first kappa shape index (κ1) is 9.33. The summed E-state index contributed by atoms with van der Waals surface area (Å²) < 4.78 is 0. The molecule has 0 spiro atoms. The lowest BCUT2D eigenvalue weighted by Gasteiger charge is -2.07. The predicted molar refractivity (Wildman–Crippen MR) is 62.8 cm³/mol. The van der Waals surface area contributed by atoms with Crippen LogP contribution in [0.5, 0.6) is 0 Å². The van der Waals surface area contributed by atoms with E-state index in [-0.39, 0.29) is 0 Å². The normalized spacial score (nSPS) is 9.87. The van der Waals surface area contributed by atoms with Crippen LogP contribution in [0, 0.1) is 0 Å². The molecule has 0 fully saturated rings. The fourth-order valence-corrected chi connectivity index (χ4v) is 1.23. The largest absolute Gasteiger partial charge is 0.399 e. The minimum atomic E-state index is 0.620. The Balaban J connectivity index is 2.22. The molecule has 4 heteroatoms. The molecule has 0 unspecified atom stereocenters. The van der Waals surface area contributed by atoms with Crippen molar-refractivity contribution in [2.24, 2.45) is 0 Å². The van der Waals surface area contributed by atoms with Crippen molar-refractivity contribution in [3.63, 3.8) is 0 Å². The summed E-state index contributed by atoms with van der Waals surface area (Å²) >= 11 is 0. The van der Waals surface area contributed by atoms with Gasteiger partial charge in [-0.05, 0) is 36.4 Å². The van der Waals surface area contributed by atoms with Crippen molar-refractivity contribution in [1.82, 2.24) is 4.98 Å². The fourth-order valence-electron chi connectivity index (χ4n) is 1.23. The van der Waals surface area contributed by atoms with Crippen LogP contribution in [0.3, 0.4) is 0 Å². The third-order valence-electron chi connectivity index (χ3n) is 2.01. The number of nitrogens with one attached hydrogen (secondary N) is 1. The Morgan fingerprint density at radius 3 is 2.40 bits per heavy atom. The number of hydrogen-bond acceptors (Lipinski definition) is 4. The van der Waals surface area contributed by atoms with Crippen LogP contribution in [0.1, 0.15) is 0 Å². The Hall–Kier alpha value is -2.23. The zero-order chi connectivity index (χ0) is 10.7. The number of aromatic nitrogens is 1. The molecule has 0 saturated carbocycles. The summed E-state index contributed by atoms with van der Waals surface area (Å²) in [6.45, 7) is 0. The third kappa shape index (κ3) is 2.17. The van der Waals surface area contributed by atoms with Gasteiger partial charge in [-0.1, -0.05) is 0 Å². The number of rotatable bonds is 2. The van der Waals surface area contributed by atoms with Gasteiger partial charge in [0.25, 0.3) is 0 Å². The second kappa shape index (κ2) is 3.88. The van der Waals surface area contributed by atoms with Crippen molar-refractivity contribution in [3.05, 3.63) is 42.6 Å². The molecule has 0 radical (unpaired) electrons. The van der Waals surface area contributed by atoms with Gasteiger partial charge in [0, 0.05) is 17.6 Å². The summed E-state index contributed by atoms with van der Waals surface area (Å²) in [5.41, 5.74) is 13.6. The zero-order valence-corrected chi connectivity index (χ0v) is 8.14. The van der Waals surface area contributed by atoms with E-state index in [9.17, 15) is 0 Å². The van der Waals surface area contributed by atoms with Crippen molar-refractivity contribution in [1.29, 1.82) is 0 Å². The minimum Gasteiger partial charge on any atom is -0.399 e. The maximum Gasteiger partial charge on any atom is 0.153 e. The van der Waals surface area contributed by atoms with Crippen LogP contribution >= 0.6 is 0 Å². The van der Waals surface area contributed by atoms with Gasteiger partial charge in [0.1, 0.15) is 0 Å². The lowest BCUT2D eigenvalue weighted by atomic mass is 10.3. The number of hydrogen-bond donors (Lipinski definition) is 3. The van der Waals surface area contributed by atoms with Crippen molar-refractivity contribution < 1.29 is 0 Å². The lowest BCUT2D eigenvalue weighted by molar-refractivity contribution is 1.31. The molecule has 0 aliphatic carbocycles. The molecular weight excluding hydrogens is 188 g/mol. The Kier molecular flexibility index (Phi) is 2.41. The molecule has 2 rings (SSSR count). The molecule has 0 bridgehead atoms. The number of nitrogen functional groups attached to an aromatic ring is 2. The Labute approximate surface area is 87.9 Å². The molecule has 1 heterocycles. The van der Waals surface area contributed by atoms with Crippen LogP contribution in [0.25, 0.3) is 0 Å². The Bertz CT molecular complexity index is 450. The van der Waals surface area contributed by atoms with Crippen molar-refractivity contribution >= 4 is 22.9 Å². The SMILES string of the molecule is Nc1ccc(Nc2ncccc2N)cc1. The van der Waals surface area contributed by atoms with Crippen LogP contribution in [0.15, 0.2) is 42.6 Å². The highest BCUT2D eigenvalue weighted by Crippen LogP contribution is 2.20. The van der Waals surface area contributed by atoms with Gasteiger partial charge < -0.3 is 16.8 Å². The highest BCUT2D eigenvalue weighted by atomic mass is 15.0. The van der Waals surface area contributed by atoms with Crippen LogP contribution in [-0.4, -0.2) is 4.98 Å². The van der Waals surface area contributed by atoms with E-state index >= 15 is 0 Å². The number of pyridine rings is 1. The average molecular weight is 200 g/mol. The molecule has 0 atom stereocenters. The van der Waals surface area contributed by atoms with E-state index in [1.165, 1.54) is 0 Å². The van der Waals surface area contributed by atoms with E-state index in [1.54, 1.807) is 18.3 Å². The second-order valence-electron chi connectivity index (χ2n) is 3.19. The summed E-state index contributed by atoms with van der Waals surface area (Å²) in [4.78, 5) is 4.13. The van der Waals surface area contributed by atoms with Gasteiger partial charge in [0.15, 0.2) is 5.82 Å². The lowest BCUT2D eigenvalue weighted by Crippen LogP contribution is -1.98. The minimum absolute atomic E-state index is 0.620. The first-order valence-corrected chi connectivity index (χ1v) is 4.59. The molecule has 1 aromatic heterocycles. The number of nitrogens with two attached hydrogens (primary N) is 2. The quantitative estimate of drug-likeness (QED) is 0.648. The van der Waals surface area contributed by atoms with Crippen LogP contribution in [-0.2, 0) is 0 Å². The fraction of sp³-hybridized carbons (Fsp3) is 0. The topological polar surface area (TPSA) is 77.0 Å². The van der Waals surface area contributed by atoms with Crippen molar-refractivity contribution in [2.75, 3.05) is 16.8 Å². The van der Waals surface area contributed by atoms with E-state index < -0.39 is 0 Å². The average Bonchev–Trinajstić information content (AvgIpc) is 2.25. The molecule has 0 amide bonds. The van der Waals surface area contributed by atoms with Crippen LogP contribution < -0.4 is 16.8 Å². The second-order valence-corrected chi connectivity index (χ2v) is 3.19. The first-order chi connectivity index (χ1) is 7.25. The van der Waals surface area contributed by atoms with Gasteiger partial charge in [-0.3, -0.25) is 0 Å². The molecular formula is C11H12N4. The van der Waals surface area contributed by atoms with Gasteiger partial charge >= 0.3 is 0 Å². The number of benzene rings is 1. The first-order valence-electron chi connectivity index (χ1n) is 4.59. The van der Waals surface area contributed by atoms with E-state index in [0.29, 0.717) is 11.5 Å². The molecule has 15 heavy (non-hydrogen) atoms. The van der Waals surface area contributed by atoms with E-state index in [2.05, 4.69) is 10.3 Å². The summed E-state index contributed by atoms with van der Waals surface area (Å²) in [5, 5.41) is 3.11. The van der Waals surface area contributed by atoms with E-state index in [0.717, 1.165) is 11.4 Å². The monoisotopic (exact) mass is 200 g/mol. The summed E-state index contributed by atoms with van der Waals surface area (Å²) in [6.07, 6.45) is 1.69. The summed E-state index contributed by atoms with van der Waals surface area (Å²) in [5.74, 6) is 0.655. The third-order valence-corrected chi connectivity index (χ3v) is 2.01. The molecule has 76 valence electrons. The van der Waals surface area contributed by atoms with Gasteiger partial charge in [0.05, 0.1) is 5.69 Å². The van der Waals surface area contributed by atoms with Gasteiger partial charge in [0.2, 0.25) is 0 Å². The van der Waals surface area contributed by atoms with E-state index in [1.807, 2.05) is 24.3 Å². The zero-order valence-electron chi connectivity index (χ0n) is 8.14. The van der Waals surface area contributed by atoms with Crippen LogP contribution in [0.4, 0.5) is 22.9 Å². The van der Waals surface area contributed by atoms with E-state index in [4.69, 9.17) is 11.5 Å². The molecule has 1 aromatic carbocycles.